The minimum absolute atomic E-state index is 0.136. The molecule has 0 saturated heterocycles. The van der Waals surface area contributed by atoms with Crippen molar-refractivity contribution in [3.8, 4) is 5.75 Å². The quantitative estimate of drug-likeness (QED) is 0.859. The van der Waals surface area contributed by atoms with Gasteiger partial charge in [-0.15, -0.1) is 0 Å². The molecule has 0 fully saturated rings. The lowest BCUT2D eigenvalue weighted by Gasteiger charge is -2.25. The molecule has 1 amide bonds. The first-order chi connectivity index (χ1) is 8.91. The maximum Gasteiger partial charge on any atom is 0.256 e. The number of carbonyl (C=O) groups excluding carboxylic acids is 1. The van der Waals surface area contributed by atoms with Crippen LogP contribution in [0.2, 0.25) is 0 Å². The van der Waals surface area contributed by atoms with Gasteiger partial charge >= 0.3 is 0 Å². The van der Waals surface area contributed by atoms with Crippen LogP contribution in [0.3, 0.4) is 0 Å². The Balaban J connectivity index is 2.70. The molecule has 4 nitrogen and oxygen atoms in total. The molecule has 19 heavy (non-hydrogen) atoms. The molecule has 0 radical (unpaired) electrons. The fourth-order valence-corrected chi connectivity index (χ4v) is 1.55. The fraction of sp³-hybridized carbons (Fsp3) is 0.533. The lowest BCUT2D eigenvalue weighted by atomic mass is 10.0. The zero-order chi connectivity index (χ0) is 14.5. The van der Waals surface area contributed by atoms with E-state index in [2.05, 4.69) is 5.32 Å². The second kappa shape index (κ2) is 6.57. The standard InChI is InChI=1S/C15H23NO3/c1-6-15(4,18-5)14(17)16-12-7-9-13(10-8-12)19-11(2)3/h7-11H,6H2,1-5H3,(H,16,17). The molecule has 0 aliphatic heterocycles. The normalized spacial score (nSPS) is 14.0. The van der Waals surface area contributed by atoms with Crippen LogP contribution in [0.1, 0.15) is 34.1 Å². The van der Waals surface area contributed by atoms with Crippen LogP contribution in [0.25, 0.3) is 0 Å². The molecule has 1 N–H and O–H groups in total. The summed E-state index contributed by atoms with van der Waals surface area (Å²) >= 11 is 0. The number of amides is 1. The van der Waals surface area contributed by atoms with Crippen molar-refractivity contribution in [2.45, 2.75) is 45.8 Å². The van der Waals surface area contributed by atoms with E-state index >= 15 is 0 Å². The van der Waals surface area contributed by atoms with Gasteiger partial charge in [-0.1, -0.05) is 6.92 Å². The lowest BCUT2D eigenvalue weighted by molar-refractivity contribution is -0.136. The molecule has 0 aliphatic carbocycles. The number of rotatable bonds is 6. The maximum atomic E-state index is 12.1. The second-order valence-electron chi connectivity index (χ2n) is 4.93. The van der Waals surface area contributed by atoms with E-state index in [9.17, 15) is 4.79 Å². The van der Waals surface area contributed by atoms with Crippen LogP contribution >= 0.6 is 0 Å². The van der Waals surface area contributed by atoms with Crippen LogP contribution in [0.15, 0.2) is 24.3 Å². The predicted octanol–water partition coefficient (Wildman–Crippen LogP) is 3.23. The number of carbonyl (C=O) groups is 1. The highest BCUT2D eigenvalue weighted by molar-refractivity contribution is 5.97. The number of ether oxygens (including phenoxy) is 2. The summed E-state index contributed by atoms with van der Waals surface area (Å²) < 4.78 is 10.8. The van der Waals surface area contributed by atoms with Gasteiger partial charge in [0.25, 0.3) is 5.91 Å². The molecule has 1 rings (SSSR count). The summed E-state index contributed by atoms with van der Waals surface area (Å²) in [7, 11) is 1.54. The highest BCUT2D eigenvalue weighted by atomic mass is 16.5. The number of hydrogen-bond donors (Lipinski definition) is 1. The Morgan fingerprint density at radius 1 is 1.32 bits per heavy atom. The third-order valence-electron chi connectivity index (χ3n) is 3.09. The molecule has 0 spiro atoms. The lowest BCUT2D eigenvalue weighted by Crippen LogP contribution is -2.41. The molecule has 0 aliphatic rings. The Bertz CT molecular complexity index is 408. The number of methoxy groups -OCH3 is 1. The summed E-state index contributed by atoms with van der Waals surface area (Å²) in [5.41, 5.74) is -0.0644. The van der Waals surface area contributed by atoms with Gasteiger partial charge in [0.15, 0.2) is 0 Å². The van der Waals surface area contributed by atoms with Gasteiger partial charge in [-0.05, 0) is 51.5 Å². The van der Waals surface area contributed by atoms with Gasteiger partial charge in [-0.3, -0.25) is 4.79 Å². The molecule has 0 aromatic heterocycles. The average molecular weight is 265 g/mol. The molecule has 0 heterocycles. The zero-order valence-corrected chi connectivity index (χ0v) is 12.3. The van der Waals surface area contributed by atoms with Crippen LogP contribution < -0.4 is 10.1 Å². The van der Waals surface area contributed by atoms with Gasteiger partial charge in [-0.2, -0.15) is 0 Å². The second-order valence-corrected chi connectivity index (χ2v) is 4.93. The zero-order valence-electron chi connectivity index (χ0n) is 12.3. The number of hydrogen-bond acceptors (Lipinski definition) is 3. The Morgan fingerprint density at radius 2 is 1.89 bits per heavy atom. The molecule has 1 aromatic rings. The van der Waals surface area contributed by atoms with Crippen molar-refractivity contribution in [1.82, 2.24) is 0 Å². The van der Waals surface area contributed by atoms with E-state index in [0.717, 1.165) is 11.4 Å². The Labute approximate surface area is 115 Å². The van der Waals surface area contributed by atoms with Gasteiger partial charge in [-0.25, -0.2) is 0 Å². The number of nitrogens with one attached hydrogen (secondary N) is 1. The van der Waals surface area contributed by atoms with Gasteiger partial charge in [0.1, 0.15) is 11.4 Å². The van der Waals surface area contributed by atoms with Crippen molar-refractivity contribution >= 4 is 11.6 Å². The monoisotopic (exact) mass is 265 g/mol. The molecule has 1 aromatic carbocycles. The Morgan fingerprint density at radius 3 is 2.32 bits per heavy atom. The third kappa shape index (κ3) is 4.24. The first kappa shape index (κ1) is 15.5. The highest BCUT2D eigenvalue weighted by Gasteiger charge is 2.30. The molecular weight excluding hydrogens is 242 g/mol. The number of anilines is 1. The predicted molar refractivity (Wildman–Crippen MR) is 76.5 cm³/mol. The summed E-state index contributed by atoms with van der Waals surface area (Å²) in [6.07, 6.45) is 0.751. The van der Waals surface area contributed by atoms with Gasteiger partial charge in [0, 0.05) is 12.8 Å². The van der Waals surface area contributed by atoms with Crippen molar-refractivity contribution in [2.24, 2.45) is 0 Å². The highest BCUT2D eigenvalue weighted by Crippen LogP contribution is 2.20. The van der Waals surface area contributed by atoms with E-state index < -0.39 is 5.60 Å². The first-order valence-electron chi connectivity index (χ1n) is 6.54. The van der Waals surface area contributed by atoms with E-state index in [1.54, 1.807) is 14.0 Å². The molecule has 0 saturated carbocycles. The van der Waals surface area contributed by atoms with Crippen molar-refractivity contribution in [2.75, 3.05) is 12.4 Å². The van der Waals surface area contributed by atoms with Crippen LogP contribution in [-0.4, -0.2) is 24.7 Å². The Kier molecular flexibility index (Phi) is 5.36. The van der Waals surface area contributed by atoms with Crippen molar-refractivity contribution in [3.05, 3.63) is 24.3 Å². The molecule has 1 atom stereocenters. The van der Waals surface area contributed by atoms with Crippen molar-refractivity contribution < 1.29 is 14.3 Å². The largest absolute Gasteiger partial charge is 0.491 e. The third-order valence-corrected chi connectivity index (χ3v) is 3.09. The van der Waals surface area contributed by atoms with Crippen LogP contribution in [0.5, 0.6) is 5.75 Å². The topological polar surface area (TPSA) is 47.6 Å². The first-order valence-corrected chi connectivity index (χ1v) is 6.54. The van der Waals surface area contributed by atoms with Gasteiger partial charge in [0.05, 0.1) is 6.10 Å². The van der Waals surface area contributed by atoms with E-state index in [0.29, 0.717) is 6.42 Å². The molecular formula is C15H23NO3. The summed E-state index contributed by atoms with van der Waals surface area (Å²) in [5.74, 6) is 0.646. The van der Waals surface area contributed by atoms with Gasteiger partial charge in [0.2, 0.25) is 0 Å². The van der Waals surface area contributed by atoms with Gasteiger partial charge < -0.3 is 14.8 Å². The van der Waals surface area contributed by atoms with Crippen LogP contribution in [0.4, 0.5) is 5.69 Å². The van der Waals surface area contributed by atoms with E-state index in [4.69, 9.17) is 9.47 Å². The van der Waals surface area contributed by atoms with E-state index in [-0.39, 0.29) is 12.0 Å². The summed E-state index contributed by atoms with van der Waals surface area (Å²) in [6, 6.07) is 7.32. The van der Waals surface area contributed by atoms with Crippen LogP contribution in [0, 0.1) is 0 Å². The van der Waals surface area contributed by atoms with Crippen LogP contribution in [-0.2, 0) is 9.53 Å². The maximum absolute atomic E-state index is 12.1. The number of benzene rings is 1. The molecule has 0 bridgehead atoms. The molecule has 4 heteroatoms. The summed E-state index contributed by atoms with van der Waals surface area (Å²) in [5, 5.41) is 2.85. The fourth-order valence-electron chi connectivity index (χ4n) is 1.55. The van der Waals surface area contributed by atoms with E-state index in [1.807, 2.05) is 45.0 Å². The SMILES string of the molecule is CCC(C)(OC)C(=O)Nc1ccc(OC(C)C)cc1. The summed E-state index contributed by atoms with van der Waals surface area (Å²) in [6.45, 7) is 7.64. The summed E-state index contributed by atoms with van der Waals surface area (Å²) in [4.78, 5) is 12.1. The van der Waals surface area contributed by atoms with E-state index in [1.165, 1.54) is 0 Å². The minimum atomic E-state index is -0.799. The average Bonchev–Trinajstić information content (AvgIpc) is 2.39. The van der Waals surface area contributed by atoms with Crippen molar-refractivity contribution in [3.63, 3.8) is 0 Å². The molecule has 1 unspecified atom stereocenters. The smallest absolute Gasteiger partial charge is 0.256 e. The molecule has 106 valence electrons. The van der Waals surface area contributed by atoms with Crippen molar-refractivity contribution in [1.29, 1.82) is 0 Å². The Hall–Kier alpha value is -1.55. The minimum Gasteiger partial charge on any atom is -0.491 e.